The number of hydrogen-bond acceptors (Lipinski definition) is 7. The molecule has 0 aromatic heterocycles. The van der Waals surface area contributed by atoms with Crippen LogP contribution in [0.2, 0.25) is 0 Å². The lowest BCUT2D eigenvalue weighted by molar-refractivity contribution is -0.870. The van der Waals surface area contributed by atoms with Gasteiger partial charge in [-0.15, -0.1) is 0 Å². The maximum Gasteiger partial charge on any atom is 0.472 e. The maximum absolute atomic E-state index is 12.7. The molecule has 0 fully saturated rings. The van der Waals surface area contributed by atoms with E-state index in [0.717, 1.165) is 38.5 Å². The van der Waals surface area contributed by atoms with Crippen LogP contribution in [0.5, 0.6) is 0 Å². The standard InChI is InChI=1S/C46H88NO8P/c1-6-8-10-12-14-16-18-20-22-23-25-26-28-30-32-34-36-38-45(48)52-42-44(43-54-56(50,51)53-41-40-47(3,4)5)55-46(49)39-37-35-33-31-29-27-24-21-19-17-15-13-11-9-7-2/h13,15-16,18,44H,6-12,14,17,19-43H2,1-5H3/p+1/b15-13+,18-16+/t44-/m1/s1. The molecule has 0 radical (unpaired) electrons. The number of esters is 2. The molecule has 0 aliphatic carbocycles. The number of carbonyl (C=O) groups is 2. The molecule has 0 amide bonds. The summed E-state index contributed by atoms with van der Waals surface area (Å²) in [7, 11) is 1.48. The van der Waals surface area contributed by atoms with Crippen LogP contribution in [0, 0.1) is 0 Å². The lowest BCUT2D eigenvalue weighted by atomic mass is 10.1. The monoisotopic (exact) mass is 815 g/mol. The van der Waals surface area contributed by atoms with Crippen molar-refractivity contribution in [2.24, 2.45) is 0 Å². The third kappa shape index (κ3) is 42.1. The second-order valence-electron chi connectivity index (χ2n) is 16.8. The van der Waals surface area contributed by atoms with Gasteiger partial charge in [-0.05, 0) is 57.8 Å². The molecule has 0 aliphatic rings. The Morgan fingerprint density at radius 3 is 1.38 bits per heavy atom. The Bertz CT molecular complexity index is 1010. The fourth-order valence-electron chi connectivity index (χ4n) is 6.28. The Hall–Kier alpha value is -1.51. The van der Waals surface area contributed by atoms with E-state index >= 15 is 0 Å². The summed E-state index contributed by atoms with van der Waals surface area (Å²) in [6.07, 6.45) is 42.1. The summed E-state index contributed by atoms with van der Waals surface area (Å²) in [6.45, 7) is 4.39. The van der Waals surface area contributed by atoms with Gasteiger partial charge in [0.15, 0.2) is 6.10 Å². The van der Waals surface area contributed by atoms with Crippen molar-refractivity contribution in [1.82, 2.24) is 0 Å². The van der Waals surface area contributed by atoms with E-state index in [1.807, 2.05) is 21.1 Å². The molecule has 1 unspecified atom stereocenters. The summed E-state index contributed by atoms with van der Waals surface area (Å²) in [5.74, 6) is -0.797. The first-order chi connectivity index (χ1) is 27.0. The number of rotatable bonds is 42. The zero-order valence-corrected chi connectivity index (χ0v) is 38.0. The van der Waals surface area contributed by atoms with Crippen LogP contribution in [0.1, 0.15) is 206 Å². The van der Waals surface area contributed by atoms with Gasteiger partial charge in [-0.2, -0.15) is 0 Å². The Kier molecular flexibility index (Phi) is 37.9. The van der Waals surface area contributed by atoms with E-state index in [2.05, 4.69) is 38.2 Å². The van der Waals surface area contributed by atoms with E-state index in [1.54, 1.807) is 0 Å². The number of ether oxygens (including phenoxy) is 2. The Morgan fingerprint density at radius 1 is 0.536 bits per heavy atom. The summed E-state index contributed by atoms with van der Waals surface area (Å²) in [5.41, 5.74) is 0. The first-order valence-electron chi connectivity index (χ1n) is 23.1. The minimum Gasteiger partial charge on any atom is -0.462 e. The van der Waals surface area contributed by atoms with Gasteiger partial charge < -0.3 is 18.9 Å². The third-order valence-electron chi connectivity index (χ3n) is 9.95. The Morgan fingerprint density at radius 2 is 0.929 bits per heavy atom. The molecule has 2 atom stereocenters. The number of hydrogen-bond donors (Lipinski definition) is 1. The van der Waals surface area contributed by atoms with Gasteiger partial charge in [-0.25, -0.2) is 4.57 Å². The Labute approximate surface area is 345 Å². The average molecular weight is 815 g/mol. The van der Waals surface area contributed by atoms with Gasteiger partial charge in [0.25, 0.3) is 0 Å². The largest absolute Gasteiger partial charge is 0.472 e. The van der Waals surface area contributed by atoms with Gasteiger partial charge >= 0.3 is 19.8 Å². The summed E-state index contributed by atoms with van der Waals surface area (Å²) in [6, 6.07) is 0. The first-order valence-corrected chi connectivity index (χ1v) is 24.6. The highest BCUT2D eigenvalue weighted by atomic mass is 31.2. The number of nitrogens with zero attached hydrogens (tertiary/aromatic N) is 1. The van der Waals surface area contributed by atoms with Gasteiger partial charge in [0.1, 0.15) is 19.8 Å². The van der Waals surface area contributed by atoms with E-state index in [4.69, 9.17) is 18.5 Å². The highest BCUT2D eigenvalue weighted by Gasteiger charge is 2.27. The normalized spacial score (nSPS) is 13.8. The SMILES string of the molecule is CCCC/C=C/CCCCCCCCCCCC(=O)O[C@H](COC(=O)CCCCCCCCCCC/C=C/CCCCCC)COP(=O)(O)OCC[N+](C)(C)C. The third-order valence-corrected chi connectivity index (χ3v) is 10.9. The molecule has 0 aliphatic heterocycles. The lowest BCUT2D eigenvalue weighted by Crippen LogP contribution is -2.37. The van der Waals surface area contributed by atoms with Crippen molar-refractivity contribution in [2.45, 2.75) is 213 Å². The maximum atomic E-state index is 12.7. The molecular weight excluding hydrogens is 725 g/mol. The fraction of sp³-hybridized carbons (Fsp3) is 0.870. The summed E-state index contributed by atoms with van der Waals surface area (Å²) < 4.78 is 34.3. The molecule has 0 saturated carbocycles. The molecule has 9 nitrogen and oxygen atoms in total. The van der Waals surface area contributed by atoms with Crippen molar-refractivity contribution in [3.05, 3.63) is 24.3 Å². The molecule has 0 bridgehead atoms. The van der Waals surface area contributed by atoms with Crippen LogP contribution >= 0.6 is 7.82 Å². The second-order valence-corrected chi connectivity index (χ2v) is 18.2. The van der Waals surface area contributed by atoms with Crippen molar-refractivity contribution in [2.75, 3.05) is 47.5 Å². The average Bonchev–Trinajstić information content (AvgIpc) is 3.15. The summed E-state index contributed by atoms with van der Waals surface area (Å²) in [5, 5.41) is 0. The molecule has 0 rings (SSSR count). The van der Waals surface area contributed by atoms with Crippen molar-refractivity contribution in [3.8, 4) is 0 Å². The topological polar surface area (TPSA) is 108 Å². The van der Waals surface area contributed by atoms with Crippen molar-refractivity contribution >= 4 is 19.8 Å². The van der Waals surface area contributed by atoms with E-state index in [-0.39, 0.29) is 32.0 Å². The van der Waals surface area contributed by atoms with Gasteiger partial charge in [0, 0.05) is 12.8 Å². The first kappa shape index (κ1) is 54.5. The van der Waals surface area contributed by atoms with E-state index < -0.39 is 26.5 Å². The van der Waals surface area contributed by atoms with Crippen LogP contribution in [0.25, 0.3) is 0 Å². The van der Waals surface area contributed by atoms with Crippen LogP contribution in [0.4, 0.5) is 0 Å². The van der Waals surface area contributed by atoms with Crippen LogP contribution in [0.15, 0.2) is 24.3 Å². The number of phosphoric ester groups is 1. The van der Waals surface area contributed by atoms with Crippen LogP contribution in [-0.2, 0) is 32.7 Å². The molecule has 330 valence electrons. The second kappa shape index (κ2) is 39.0. The molecular formula is C46H89NO8P+. The quantitative estimate of drug-likeness (QED) is 0.0213. The van der Waals surface area contributed by atoms with Gasteiger partial charge in [-0.1, -0.05) is 160 Å². The molecule has 0 heterocycles. The minimum atomic E-state index is -4.37. The van der Waals surface area contributed by atoms with Crippen molar-refractivity contribution in [3.63, 3.8) is 0 Å². The molecule has 0 saturated heterocycles. The highest BCUT2D eigenvalue weighted by molar-refractivity contribution is 7.47. The van der Waals surface area contributed by atoms with E-state index in [0.29, 0.717) is 17.4 Å². The van der Waals surface area contributed by atoms with E-state index in [9.17, 15) is 19.0 Å². The van der Waals surface area contributed by atoms with E-state index in [1.165, 1.54) is 135 Å². The smallest absolute Gasteiger partial charge is 0.462 e. The van der Waals surface area contributed by atoms with Crippen molar-refractivity contribution < 1.29 is 42.1 Å². The lowest BCUT2D eigenvalue weighted by Gasteiger charge is -2.24. The zero-order valence-electron chi connectivity index (χ0n) is 37.1. The van der Waals surface area contributed by atoms with Gasteiger partial charge in [-0.3, -0.25) is 18.6 Å². The molecule has 0 aromatic carbocycles. The number of phosphoric acid groups is 1. The van der Waals surface area contributed by atoms with Gasteiger partial charge in [0.05, 0.1) is 27.7 Å². The molecule has 0 aromatic rings. The number of quaternary nitrogens is 1. The highest BCUT2D eigenvalue weighted by Crippen LogP contribution is 2.43. The number of allylic oxidation sites excluding steroid dienone is 4. The van der Waals surface area contributed by atoms with Gasteiger partial charge in [0.2, 0.25) is 0 Å². The fourth-order valence-corrected chi connectivity index (χ4v) is 7.03. The summed E-state index contributed by atoms with van der Waals surface area (Å²) in [4.78, 5) is 35.4. The Balaban J connectivity index is 4.31. The molecule has 10 heteroatoms. The predicted octanol–water partition coefficient (Wildman–Crippen LogP) is 13.1. The predicted molar refractivity (Wildman–Crippen MR) is 234 cm³/mol. The van der Waals surface area contributed by atoms with Crippen LogP contribution in [-0.4, -0.2) is 74.9 Å². The molecule has 0 spiro atoms. The molecule has 56 heavy (non-hydrogen) atoms. The number of carbonyl (C=O) groups excluding carboxylic acids is 2. The van der Waals surface area contributed by atoms with Crippen LogP contribution < -0.4 is 0 Å². The summed E-state index contributed by atoms with van der Waals surface area (Å²) >= 11 is 0. The molecule has 1 N–H and O–H groups in total. The zero-order chi connectivity index (χ0) is 41.4. The number of unbranched alkanes of at least 4 members (excludes halogenated alkanes) is 24. The minimum absolute atomic E-state index is 0.0324. The number of likely N-dealkylation sites (N-methyl/N-ethyl adjacent to an activating group) is 1. The van der Waals surface area contributed by atoms with Crippen molar-refractivity contribution in [1.29, 1.82) is 0 Å². The van der Waals surface area contributed by atoms with Crippen LogP contribution in [0.3, 0.4) is 0 Å².